The third-order valence-electron chi connectivity index (χ3n) is 5.23. The lowest BCUT2D eigenvalue weighted by Gasteiger charge is -2.52. The number of piperidine rings is 3. The van der Waals surface area contributed by atoms with Gasteiger partial charge >= 0.3 is 24.3 Å². The number of fused-ring (bicyclic) bond motifs is 3. The lowest BCUT2D eigenvalue weighted by Crippen LogP contribution is -2.59. The van der Waals surface area contributed by atoms with E-state index in [2.05, 4.69) is 0 Å². The van der Waals surface area contributed by atoms with Gasteiger partial charge in [-0.1, -0.05) is 0 Å². The Morgan fingerprint density at radius 2 is 1.50 bits per heavy atom. The molecule has 3 fully saturated rings. The molecule has 3 aliphatic rings. The van der Waals surface area contributed by atoms with Crippen molar-refractivity contribution >= 4 is 11.9 Å². The number of nitrogens with zero attached hydrogens (tertiary/aromatic N) is 1. The molecule has 1 aromatic carbocycles. The second kappa shape index (κ2) is 6.64. The van der Waals surface area contributed by atoms with E-state index in [9.17, 15) is 35.9 Å². The van der Waals surface area contributed by atoms with E-state index >= 15 is 0 Å². The first-order valence-corrected chi connectivity index (χ1v) is 8.31. The second-order valence-corrected chi connectivity index (χ2v) is 6.93. The predicted molar refractivity (Wildman–Crippen MR) is 81.0 cm³/mol. The van der Waals surface area contributed by atoms with Gasteiger partial charge in [0.25, 0.3) is 0 Å². The number of esters is 1. The number of hydrogen-bond donors (Lipinski definition) is 1. The summed E-state index contributed by atoms with van der Waals surface area (Å²) in [5.74, 6) is -4.29. The standard InChI is InChI=1S/C17H15F6NO4/c18-16(19,20)11-5-10(6-12(7-11)17(21,22)23)15(28-14(27)13(25)26)8-24-3-1-9(15)2-4-24/h5-7,9H,1-4,8H2,(H,25,26). The van der Waals surface area contributed by atoms with Crippen molar-refractivity contribution in [1.29, 1.82) is 0 Å². The summed E-state index contributed by atoms with van der Waals surface area (Å²) in [5, 5.41) is 8.86. The average molecular weight is 411 g/mol. The minimum absolute atomic E-state index is 0.0163. The average Bonchev–Trinajstić information content (AvgIpc) is 2.60. The first-order chi connectivity index (χ1) is 12.8. The molecule has 0 radical (unpaired) electrons. The molecule has 0 aliphatic carbocycles. The molecule has 5 nitrogen and oxygen atoms in total. The van der Waals surface area contributed by atoms with E-state index in [-0.39, 0.29) is 12.6 Å². The number of benzene rings is 1. The van der Waals surface area contributed by atoms with Crippen LogP contribution in [0.5, 0.6) is 0 Å². The van der Waals surface area contributed by atoms with Crippen LogP contribution in [0.25, 0.3) is 0 Å². The van der Waals surface area contributed by atoms with E-state index in [0.29, 0.717) is 38.1 Å². The Bertz CT molecular complexity index is 766. The Kier molecular flexibility index (Phi) is 4.85. The number of hydrogen-bond acceptors (Lipinski definition) is 4. The molecule has 3 aliphatic heterocycles. The maximum Gasteiger partial charge on any atom is 0.418 e. The first-order valence-electron chi connectivity index (χ1n) is 8.31. The highest BCUT2D eigenvalue weighted by Gasteiger charge is 2.53. The highest BCUT2D eigenvalue weighted by atomic mass is 19.4. The summed E-state index contributed by atoms with van der Waals surface area (Å²) < 4.78 is 84.4. The van der Waals surface area contributed by atoms with Crippen LogP contribution in [0.1, 0.15) is 29.5 Å². The van der Waals surface area contributed by atoms with Gasteiger partial charge in [-0.05, 0) is 49.7 Å². The van der Waals surface area contributed by atoms with Crippen LogP contribution in [0.2, 0.25) is 0 Å². The van der Waals surface area contributed by atoms with E-state index in [1.54, 1.807) is 4.90 Å². The number of rotatable bonds is 2. The number of carbonyl (C=O) groups excluding carboxylic acids is 1. The van der Waals surface area contributed by atoms with E-state index in [0.717, 1.165) is 0 Å². The van der Waals surface area contributed by atoms with E-state index in [1.165, 1.54) is 0 Å². The summed E-state index contributed by atoms with van der Waals surface area (Å²) in [4.78, 5) is 24.4. The van der Waals surface area contributed by atoms with Gasteiger partial charge in [-0.25, -0.2) is 9.59 Å². The van der Waals surface area contributed by atoms with Gasteiger partial charge in [0, 0.05) is 12.5 Å². The van der Waals surface area contributed by atoms with Crippen molar-refractivity contribution in [1.82, 2.24) is 4.90 Å². The van der Waals surface area contributed by atoms with Gasteiger partial charge in [0.05, 0.1) is 11.1 Å². The molecule has 1 atom stereocenters. The molecule has 0 aromatic heterocycles. The molecule has 0 saturated carbocycles. The maximum absolute atomic E-state index is 13.2. The van der Waals surface area contributed by atoms with Crippen LogP contribution in [0.15, 0.2) is 18.2 Å². The summed E-state index contributed by atoms with van der Waals surface area (Å²) in [6, 6.07) is 0.996. The topological polar surface area (TPSA) is 66.8 Å². The van der Waals surface area contributed by atoms with Gasteiger partial charge in [0.15, 0.2) is 5.60 Å². The molecular formula is C17H15F6NO4. The molecule has 1 N–H and O–H groups in total. The van der Waals surface area contributed by atoms with Crippen molar-refractivity contribution in [3.05, 3.63) is 34.9 Å². The Balaban J connectivity index is 2.20. The minimum atomic E-state index is -5.07. The fraction of sp³-hybridized carbons (Fsp3) is 0.529. The highest BCUT2D eigenvalue weighted by Crippen LogP contribution is 2.48. The zero-order chi connectivity index (χ0) is 20.9. The Labute approximate surface area is 154 Å². The number of ether oxygens (including phenoxy) is 1. The monoisotopic (exact) mass is 411 g/mol. The molecule has 1 unspecified atom stereocenters. The van der Waals surface area contributed by atoms with E-state index < -0.39 is 52.5 Å². The van der Waals surface area contributed by atoms with Crippen molar-refractivity contribution < 1.29 is 45.8 Å². The highest BCUT2D eigenvalue weighted by molar-refractivity contribution is 6.28. The number of carbonyl (C=O) groups is 2. The molecule has 28 heavy (non-hydrogen) atoms. The van der Waals surface area contributed by atoms with Gasteiger partial charge in [-0.15, -0.1) is 0 Å². The normalized spacial score (nSPS) is 27.5. The largest absolute Gasteiger partial charge is 0.473 e. The molecule has 11 heteroatoms. The molecule has 1 aromatic rings. The second-order valence-electron chi connectivity index (χ2n) is 6.93. The molecule has 3 saturated heterocycles. The Hall–Kier alpha value is -2.30. The van der Waals surface area contributed by atoms with Crippen molar-refractivity contribution in [3.63, 3.8) is 0 Å². The lowest BCUT2D eigenvalue weighted by molar-refractivity contribution is -0.194. The van der Waals surface area contributed by atoms with E-state index in [4.69, 9.17) is 9.84 Å². The minimum Gasteiger partial charge on any atom is -0.473 e. The van der Waals surface area contributed by atoms with Crippen LogP contribution in [0.4, 0.5) is 26.3 Å². The van der Waals surface area contributed by atoms with Gasteiger partial charge in [0.2, 0.25) is 0 Å². The molecule has 3 heterocycles. The summed E-state index contributed by atoms with van der Waals surface area (Å²) in [5.41, 5.74) is -5.48. The molecular weight excluding hydrogens is 396 g/mol. The predicted octanol–water partition coefficient (Wildman–Crippen LogP) is 3.27. The number of carboxylic acid groups (broad SMARTS) is 1. The molecule has 4 rings (SSSR count). The Morgan fingerprint density at radius 3 is 1.86 bits per heavy atom. The third-order valence-corrected chi connectivity index (χ3v) is 5.23. The molecule has 0 amide bonds. The van der Waals surface area contributed by atoms with E-state index in [1.807, 2.05) is 0 Å². The van der Waals surface area contributed by atoms with Crippen LogP contribution in [0, 0.1) is 5.92 Å². The number of alkyl halides is 6. The maximum atomic E-state index is 13.2. The van der Waals surface area contributed by atoms with Crippen LogP contribution >= 0.6 is 0 Å². The van der Waals surface area contributed by atoms with Crippen molar-refractivity contribution in [2.75, 3.05) is 19.6 Å². The van der Waals surface area contributed by atoms with Crippen molar-refractivity contribution in [3.8, 4) is 0 Å². The third kappa shape index (κ3) is 3.67. The quantitative estimate of drug-likeness (QED) is 0.460. The van der Waals surface area contributed by atoms with Crippen LogP contribution in [0.3, 0.4) is 0 Å². The summed E-state index contributed by atoms with van der Waals surface area (Å²) in [7, 11) is 0. The first kappa shape index (κ1) is 20.4. The summed E-state index contributed by atoms with van der Waals surface area (Å²) in [6.07, 6.45) is -9.43. The fourth-order valence-electron chi connectivity index (χ4n) is 3.93. The zero-order valence-electron chi connectivity index (χ0n) is 14.2. The lowest BCUT2D eigenvalue weighted by atomic mass is 9.71. The van der Waals surface area contributed by atoms with Crippen molar-refractivity contribution in [2.24, 2.45) is 5.92 Å². The SMILES string of the molecule is O=C(O)C(=O)OC1(c2cc(C(F)(F)F)cc(C(F)(F)F)c2)CN2CCC1CC2. The van der Waals surface area contributed by atoms with Crippen LogP contribution in [-0.2, 0) is 32.3 Å². The summed E-state index contributed by atoms with van der Waals surface area (Å²) in [6.45, 7) is 0.888. The number of carboxylic acids is 1. The van der Waals surface area contributed by atoms with Gasteiger partial charge in [-0.3, -0.25) is 4.90 Å². The number of halogens is 6. The smallest absolute Gasteiger partial charge is 0.418 e. The van der Waals surface area contributed by atoms with Gasteiger partial charge < -0.3 is 9.84 Å². The Morgan fingerprint density at radius 1 is 1.00 bits per heavy atom. The van der Waals surface area contributed by atoms with Crippen LogP contribution in [-0.4, -0.2) is 41.6 Å². The van der Waals surface area contributed by atoms with Gasteiger partial charge in [0.1, 0.15) is 0 Å². The molecule has 2 bridgehead atoms. The summed E-state index contributed by atoms with van der Waals surface area (Å²) >= 11 is 0. The van der Waals surface area contributed by atoms with Gasteiger partial charge in [-0.2, -0.15) is 26.3 Å². The van der Waals surface area contributed by atoms with Crippen LogP contribution < -0.4 is 0 Å². The number of aliphatic carboxylic acids is 1. The fourth-order valence-corrected chi connectivity index (χ4v) is 3.93. The molecule has 154 valence electrons. The van der Waals surface area contributed by atoms with Crippen molar-refractivity contribution in [2.45, 2.75) is 30.8 Å². The zero-order valence-corrected chi connectivity index (χ0v) is 14.2. The molecule has 0 spiro atoms.